The third kappa shape index (κ3) is 2.01. The van der Waals surface area contributed by atoms with E-state index in [1.807, 2.05) is 0 Å². The Morgan fingerprint density at radius 1 is 0.808 bits per heavy atom. The van der Waals surface area contributed by atoms with Gasteiger partial charge in [-0.15, -0.1) is 0 Å². The van der Waals surface area contributed by atoms with Crippen molar-refractivity contribution in [2.45, 2.75) is 62.5 Å². The molecule has 0 saturated carbocycles. The van der Waals surface area contributed by atoms with Crippen LogP contribution in [-0.2, 0) is 9.73 Å². The van der Waals surface area contributed by atoms with Gasteiger partial charge in [0, 0.05) is 0 Å². The van der Waals surface area contributed by atoms with Crippen molar-refractivity contribution >= 4 is 49.0 Å². The van der Waals surface area contributed by atoms with Gasteiger partial charge in [-0.2, -0.15) is 0 Å². The number of aryl methyl sites for hydroxylation is 3. The van der Waals surface area contributed by atoms with Crippen LogP contribution in [0.3, 0.4) is 0 Å². The second kappa shape index (κ2) is 5.81. The quantitative estimate of drug-likeness (QED) is 0.289. The normalized spacial score (nSPS) is 25.3. The van der Waals surface area contributed by atoms with E-state index in [1.165, 1.54) is 32.8 Å². The summed E-state index contributed by atoms with van der Waals surface area (Å²) in [5, 5.41) is 1.38. The molecule has 2 bridgehead atoms. The van der Waals surface area contributed by atoms with Gasteiger partial charge in [-0.1, -0.05) is 0 Å². The first-order valence-electron chi connectivity index (χ1n) is 9.41. The SMILES string of the molecule is CCCC[Se]C12c3sc(C)cc3C(C)(c3cc(C)sc31)c1cc(C)sc12. The predicted octanol–water partition coefficient (Wildman–Crippen LogP) is 6.99. The molecule has 4 heteroatoms. The van der Waals surface area contributed by atoms with Gasteiger partial charge < -0.3 is 0 Å². The number of hydrogen-bond donors (Lipinski definition) is 0. The number of rotatable bonds is 4. The molecule has 0 amide bonds. The maximum atomic E-state index is 2.51. The summed E-state index contributed by atoms with van der Waals surface area (Å²) < 4.78 is 0.191. The van der Waals surface area contributed by atoms with E-state index in [9.17, 15) is 0 Å². The summed E-state index contributed by atoms with van der Waals surface area (Å²) in [5.74, 6) is 0. The van der Waals surface area contributed by atoms with E-state index in [4.69, 9.17) is 0 Å². The third-order valence-corrected chi connectivity index (χ3v) is 13.6. The molecule has 3 aliphatic carbocycles. The van der Waals surface area contributed by atoms with Crippen molar-refractivity contribution in [2.75, 3.05) is 0 Å². The van der Waals surface area contributed by atoms with Gasteiger partial charge >= 0.3 is 176 Å². The topological polar surface area (TPSA) is 0 Å². The van der Waals surface area contributed by atoms with E-state index < -0.39 is 0 Å². The Hall–Kier alpha value is -0.381. The van der Waals surface area contributed by atoms with E-state index in [0.29, 0.717) is 15.0 Å². The van der Waals surface area contributed by atoms with E-state index in [2.05, 4.69) is 86.8 Å². The molecule has 3 aromatic rings. The van der Waals surface area contributed by atoms with Crippen molar-refractivity contribution in [3.63, 3.8) is 0 Å². The summed E-state index contributed by atoms with van der Waals surface area (Å²) >= 11 is 6.81. The molecule has 3 heterocycles. The van der Waals surface area contributed by atoms with E-state index in [0.717, 1.165) is 0 Å². The molecule has 6 rings (SSSR count). The van der Waals surface area contributed by atoms with Crippen LogP contribution in [-0.4, -0.2) is 15.0 Å². The Morgan fingerprint density at radius 2 is 1.23 bits per heavy atom. The first kappa shape index (κ1) is 17.7. The van der Waals surface area contributed by atoms with Gasteiger partial charge in [0.25, 0.3) is 0 Å². The molecule has 26 heavy (non-hydrogen) atoms. The molecule has 136 valence electrons. The van der Waals surface area contributed by atoms with Crippen molar-refractivity contribution < 1.29 is 0 Å². The molecule has 0 atom stereocenters. The average Bonchev–Trinajstić information content (AvgIpc) is 3.28. The van der Waals surface area contributed by atoms with Crippen LogP contribution in [0.15, 0.2) is 18.2 Å². The molecule has 0 N–H and O–H groups in total. The molecular weight excluding hydrogens is 439 g/mol. The second-order valence-corrected chi connectivity index (χ2v) is 14.3. The van der Waals surface area contributed by atoms with Crippen molar-refractivity contribution in [1.82, 2.24) is 0 Å². The van der Waals surface area contributed by atoms with Crippen molar-refractivity contribution in [3.8, 4) is 0 Å². The number of thiophene rings is 3. The minimum absolute atomic E-state index is 0.0584. The van der Waals surface area contributed by atoms with Crippen LogP contribution in [0.2, 0.25) is 5.32 Å². The zero-order valence-corrected chi connectivity index (χ0v) is 20.1. The Bertz CT molecular complexity index is 896. The summed E-state index contributed by atoms with van der Waals surface area (Å²) in [5.41, 5.74) is 4.92. The van der Waals surface area contributed by atoms with Crippen LogP contribution in [0.4, 0.5) is 0 Å². The fourth-order valence-electron chi connectivity index (χ4n) is 4.75. The average molecular weight is 464 g/mol. The van der Waals surface area contributed by atoms with Crippen LogP contribution in [0.25, 0.3) is 0 Å². The molecule has 0 saturated heterocycles. The zero-order valence-electron chi connectivity index (χ0n) is 16.0. The first-order valence-corrected chi connectivity index (χ1v) is 13.9. The summed E-state index contributed by atoms with van der Waals surface area (Å²) in [7, 11) is 0. The molecule has 3 aliphatic rings. The number of hydrogen-bond acceptors (Lipinski definition) is 3. The van der Waals surface area contributed by atoms with Gasteiger partial charge in [0.05, 0.1) is 0 Å². The molecule has 0 radical (unpaired) electrons. The molecule has 0 unspecified atom stereocenters. The first-order chi connectivity index (χ1) is 12.4. The Labute approximate surface area is 174 Å². The van der Waals surface area contributed by atoms with E-state index >= 15 is 0 Å². The van der Waals surface area contributed by atoms with Crippen LogP contribution in [0, 0.1) is 20.8 Å². The molecule has 0 spiro atoms. The maximum absolute atomic E-state index is 2.51. The Balaban J connectivity index is 1.88. The van der Waals surface area contributed by atoms with Gasteiger partial charge in [0.2, 0.25) is 0 Å². The number of unbranched alkanes of at least 4 members (excludes halogenated alkanes) is 1. The summed E-state index contributed by atoms with van der Waals surface area (Å²) in [6.07, 6.45) is 2.66. The predicted molar refractivity (Wildman–Crippen MR) is 118 cm³/mol. The standard InChI is InChI=1S/C22H24S3Se/c1-6-7-8-26-22-18-15(9-12(2)23-18)21(5,16-10-13(3)24-19(16)22)17-11-14(4)25-20(17)22/h9-11H,6-8H2,1-5H3. The van der Waals surface area contributed by atoms with Gasteiger partial charge in [-0.3, -0.25) is 0 Å². The third-order valence-electron chi connectivity index (χ3n) is 5.96. The molecule has 0 aliphatic heterocycles. The molecular formula is C22H24S3Se. The van der Waals surface area contributed by atoms with Gasteiger partial charge in [-0.25, -0.2) is 0 Å². The van der Waals surface area contributed by atoms with Crippen LogP contribution < -0.4 is 0 Å². The summed E-state index contributed by atoms with van der Waals surface area (Å²) in [6, 6.07) is 7.53. The van der Waals surface area contributed by atoms with E-state index in [1.54, 1.807) is 31.3 Å². The van der Waals surface area contributed by atoms with Crippen molar-refractivity contribution in [3.05, 3.63) is 64.2 Å². The molecule has 0 fully saturated rings. The van der Waals surface area contributed by atoms with Crippen LogP contribution in [0.5, 0.6) is 0 Å². The summed E-state index contributed by atoms with van der Waals surface area (Å²) in [4.78, 5) is 9.52. The zero-order chi connectivity index (χ0) is 18.3. The summed E-state index contributed by atoms with van der Waals surface area (Å²) in [6.45, 7) is 11.7. The second-order valence-electron chi connectivity index (χ2n) is 7.81. The van der Waals surface area contributed by atoms with Gasteiger partial charge in [0.1, 0.15) is 0 Å². The van der Waals surface area contributed by atoms with Crippen molar-refractivity contribution in [2.24, 2.45) is 0 Å². The minimum atomic E-state index is 0.0584. The fraction of sp³-hybridized carbons (Fsp3) is 0.455. The van der Waals surface area contributed by atoms with E-state index in [-0.39, 0.29) is 9.73 Å². The van der Waals surface area contributed by atoms with Crippen molar-refractivity contribution in [1.29, 1.82) is 0 Å². The monoisotopic (exact) mass is 464 g/mol. The fourth-order valence-corrected chi connectivity index (χ4v) is 13.4. The molecule has 3 aromatic heterocycles. The molecule has 0 nitrogen and oxygen atoms in total. The Morgan fingerprint density at radius 3 is 1.62 bits per heavy atom. The van der Waals surface area contributed by atoms with Gasteiger partial charge in [0.15, 0.2) is 0 Å². The molecule has 0 aromatic carbocycles. The van der Waals surface area contributed by atoms with Crippen LogP contribution in [0.1, 0.15) is 72.6 Å². The van der Waals surface area contributed by atoms with Gasteiger partial charge in [-0.05, 0) is 0 Å². The van der Waals surface area contributed by atoms with Crippen LogP contribution >= 0.6 is 34.0 Å². The Kier molecular flexibility index (Phi) is 3.96.